The molecule has 0 aliphatic rings. The molecule has 13 heteroatoms. The summed E-state index contributed by atoms with van der Waals surface area (Å²) in [5.74, 6) is -1.02. The van der Waals surface area contributed by atoms with E-state index in [4.69, 9.17) is 11.0 Å². The van der Waals surface area contributed by atoms with E-state index in [2.05, 4.69) is 14.4 Å². The van der Waals surface area contributed by atoms with E-state index in [1.807, 2.05) is 0 Å². The predicted molar refractivity (Wildman–Crippen MR) is 82.1 cm³/mol. The van der Waals surface area contributed by atoms with Crippen molar-refractivity contribution in [2.45, 2.75) is 5.51 Å². The van der Waals surface area contributed by atoms with Crippen molar-refractivity contribution >= 4 is 21.5 Å². The summed E-state index contributed by atoms with van der Waals surface area (Å²) in [6.07, 6.45) is 4.30. The van der Waals surface area contributed by atoms with Crippen molar-refractivity contribution in [1.82, 2.24) is 19.4 Å². The highest BCUT2D eigenvalue weighted by molar-refractivity contribution is 7.88. The molecule has 0 unspecified atom stereocenters. The van der Waals surface area contributed by atoms with E-state index < -0.39 is 21.4 Å². The monoisotopic (exact) mass is 386 g/mol. The zero-order valence-electron chi connectivity index (χ0n) is 12.9. The van der Waals surface area contributed by atoms with Gasteiger partial charge in [0, 0.05) is 30.6 Å². The van der Waals surface area contributed by atoms with Crippen LogP contribution in [0.15, 0.2) is 24.7 Å². The average Bonchev–Trinajstić information content (AvgIpc) is 3.08. The fourth-order valence-corrected chi connectivity index (χ4v) is 2.69. The van der Waals surface area contributed by atoms with Crippen LogP contribution in [0.2, 0.25) is 0 Å². The Labute approximate surface area is 144 Å². The van der Waals surface area contributed by atoms with Crippen LogP contribution in [0.5, 0.6) is 5.75 Å². The second-order valence-corrected chi connectivity index (χ2v) is 6.68. The van der Waals surface area contributed by atoms with Crippen LogP contribution in [0.4, 0.5) is 19.0 Å². The van der Waals surface area contributed by atoms with Crippen molar-refractivity contribution in [2.24, 2.45) is 7.05 Å². The fraction of sp³-hybridized carbons (Fsp3) is 0.154. The number of rotatable bonds is 3. The first-order chi connectivity index (χ1) is 12.0. The van der Waals surface area contributed by atoms with Gasteiger partial charge >= 0.3 is 15.6 Å². The highest BCUT2D eigenvalue weighted by Crippen LogP contribution is 2.35. The molecule has 0 amide bonds. The lowest BCUT2D eigenvalue weighted by Crippen LogP contribution is -2.28. The van der Waals surface area contributed by atoms with Crippen LogP contribution in [0.25, 0.3) is 16.6 Å². The summed E-state index contributed by atoms with van der Waals surface area (Å²) in [6, 6.07) is 2.70. The number of aromatic nitrogens is 4. The Hall–Kier alpha value is -3.27. The van der Waals surface area contributed by atoms with Crippen LogP contribution in [-0.4, -0.2) is 33.3 Å². The van der Waals surface area contributed by atoms with Crippen LogP contribution >= 0.6 is 0 Å². The van der Waals surface area contributed by atoms with Crippen molar-refractivity contribution in [3.8, 4) is 22.9 Å². The quantitative estimate of drug-likeness (QED) is 0.532. The second kappa shape index (κ2) is 5.63. The molecule has 0 spiro atoms. The smallest absolute Gasteiger partial charge is 0.381 e. The van der Waals surface area contributed by atoms with E-state index in [1.165, 1.54) is 17.1 Å². The van der Waals surface area contributed by atoms with Gasteiger partial charge < -0.3 is 9.92 Å². The highest BCUT2D eigenvalue weighted by Gasteiger charge is 2.49. The largest absolute Gasteiger partial charge is 0.534 e. The Kier molecular flexibility index (Phi) is 3.80. The van der Waals surface area contributed by atoms with Crippen LogP contribution in [-0.2, 0) is 17.2 Å². The molecule has 0 radical (unpaired) electrons. The van der Waals surface area contributed by atoms with E-state index in [9.17, 15) is 21.6 Å². The molecule has 0 atom stereocenters. The number of hydrogen-bond acceptors (Lipinski definition) is 7. The van der Waals surface area contributed by atoms with Gasteiger partial charge in [0.2, 0.25) is 0 Å². The second-order valence-electron chi connectivity index (χ2n) is 5.14. The third kappa shape index (κ3) is 2.80. The van der Waals surface area contributed by atoms with Crippen molar-refractivity contribution in [2.75, 3.05) is 5.73 Å². The summed E-state index contributed by atoms with van der Waals surface area (Å²) in [5, 5.41) is 16.9. The summed E-state index contributed by atoms with van der Waals surface area (Å²) >= 11 is 0. The standard InChI is InChI=1S/C13H9F3N6O3S/c1-21-5-8(4-19-21)7-2-10(25-26(23,24)13(14,15)16)11-9(3-17)12(18)20-22(11)6-7/h2,4-6H,1H3,(H2,18,20). The number of hydrogen-bond donors (Lipinski definition) is 1. The summed E-state index contributed by atoms with van der Waals surface area (Å²) < 4.78 is 67.6. The zero-order chi connectivity index (χ0) is 19.3. The van der Waals surface area contributed by atoms with Gasteiger partial charge in [-0.15, -0.1) is 5.10 Å². The molecular weight excluding hydrogens is 377 g/mol. The normalized spacial score (nSPS) is 12.3. The van der Waals surface area contributed by atoms with E-state index in [1.54, 1.807) is 19.3 Å². The minimum Gasteiger partial charge on any atom is -0.381 e. The topological polar surface area (TPSA) is 128 Å². The molecule has 136 valence electrons. The first-order valence-corrected chi connectivity index (χ1v) is 8.16. The lowest BCUT2D eigenvalue weighted by molar-refractivity contribution is -0.0499. The van der Waals surface area contributed by atoms with Crippen LogP contribution in [0.3, 0.4) is 0 Å². The number of halogens is 3. The Morgan fingerprint density at radius 1 is 1.31 bits per heavy atom. The molecule has 9 nitrogen and oxygen atoms in total. The first-order valence-electron chi connectivity index (χ1n) is 6.75. The van der Waals surface area contributed by atoms with Gasteiger partial charge in [0.25, 0.3) is 0 Å². The summed E-state index contributed by atoms with van der Waals surface area (Å²) in [5.41, 5.74) is 0.0297. The maximum absolute atomic E-state index is 12.7. The Bertz CT molecular complexity index is 1160. The number of anilines is 1. The van der Waals surface area contributed by atoms with Crippen LogP contribution in [0.1, 0.15) is 5.56 Å². The Morgan fingerprint density at radius 3 is 2.54 bits per heavy atom. The van der Waals surface area contributed by atoms with Crippen LogP contribution < -0.4 is 9.92 Å². The zero-order valence-corrected chi connectivity index (χ0v) is 13.7. The number of aryl methyl sites for hydroxylation is 1. The number of nitrogens with zero attached hydrogens (tertiary/aromatic N) is 5. The Morgan fingerprint density at radius 2 is 2.00 bits per heavy atom. The van der Waals surface area contributed by atoms with Gasteiger partial charge in [0.05, 0.1) is 6.20 Å². The van der Waals surface area contributed by atoms with Crippen molar-refractivity contribution in [3.63, 3.8) is 0 Å². The SMILES string of the molecule is Cn1cc(-c2cc(OS(=O)(=O)C(F)(F)F)c3c(C#N)c(N)nn3c2)cn1. The summed E-state index contributed by atoms with van der Waals surface area (Å²) in [4.78, 5) is 0. The van der Waals surface area contributed by atoms with Gasteiger partial charge in [-0.25, -0.2) is 4.52 Å². The molecule has 0 bridgehead atoms. The molecule has 3 aromatic heterocycles. The van der Waals surface area contributed by atoms with Crippen molar-refractivity contribution in [1.29, 1.82) is 5.26 Å². The molecule has 2 N–H and O–H groups in total. The number of pyridine rings is 1. The van der Waals surface area contributed by atoms with Gasteiger partial charge in [-0.2, -0.15) is 31.9 Å². The third-order valence-electron chi connectivity index (χ3n) is 3.35. The fourth-order valence-electron chi connectivity index (χ4n) is 2.23. The van der Waals surface area contributed by atoms with Gasteiger partial charge in [0.15, 0.2) is 11.6 Å². The lowest BCUT2D eigenvalue weighted by atomic mass is 10.1. The minimum absolute atomic E-state index is 0.255. The number of alkyl halides is 3. The van der Waals surface area contributed by atoms with Crippen LogP contribution in [0, 0.1) is 11.3 Å². The van der Waals surface area contributed by atoms with E-state index >= 15 is 0 Å². The molecule has 0 aliphatic carbocycles. The van der Waals surface area contributed by atoms with Crippen molar-refractivity contribution < 1.29 is 25.8 Å². The van der Waals surface area contributed by atoms with Gasteiger partial charge in [0.1, 0.15) is 17.1 Å². The molecule has 26 heavy (non-hydrogen) atoms. The molecule has 0 aromatic carbocycles. The lowest BCUT2D eigenvalue weighted by Gasteiger charge is -2.11. The molecule has 3 heterocycles. The van der Waals surface area contributed by atoms with E-state index in [0.717, 1.165) is 10.6 Å². The third-order valence-corrected chi connectivity index (χ3v) is 4.32. The molecule has 0 aliphatic heterocycles. The number of nitriles is 1. The molecule has 0 saturated heterocycles. The summed E-state index contributed by atoms with van der Waals surface area (Å²) in [7, 11) is -4.35. The molecule has 0 saturated carbocycles. The first kappa shape index (κ1) is 17.5. The maximum atomic E-state index is 12.7. The number of nitrogens with two attached hydrogens (primary N) is 1. The molecule has 0 fully saturated rings. The minimum atomic E-state index is -5.96. The predicted octanol–water partition coefficient (Wildman–Crippen LogP) is 1.42. The van der Waals surface area contributed by atoms with E-state index in [0.29, 0.717) is 5.56 Å². The molecule has 3 aromatic rings. The Balaban J connectivity index is 2.29. The number of fused-ring (bicyclic) bond motifs is 1. The highest BCUT2D eigenvalue weighted by atomic mass is 32.2. The molecule has 3 rings (SSSR count). The average molecular weight is 386 g/mol. The maximum Gasteiger partial charge on any atom is 0.534 e. The van der Waals surface area contributed by atoms with Gasteiger partial charge in [-0.1, -0.05) is 0 Å². The molecular formula is C13H9F3N6O3S. The van der Waals surface area contributed by atoms with Gasteiger partial charge in [-0.05, 0) is 6.07 Å². The summed E-state index contributed by atoms with van der Waals surface area (Å²) in [6.45, 7) is 0. The van der Waals surface area contributed by atoms with Crippen molar-refractivity contribution in [3.05, 3.63) is 30.2 Å². The van der Waals surface area contributed by atoms with E-state index in [-0.39, 0.29) is 22.5 Å². The number of nitrogen functional groups attached to an aromatic ring is 1. The van der Waals surface area contributed by atoms with Gasteiger partial charge in [-0.3, -0.25) is 4.68 Å².